The summed E-state index contributed by atoms with van der Waals surface area (Å²) in [5.74, 6) is -0.365. The fraction of sp³-hybridized carbons (Fsp3) is 0. The predicted octanol–water partition coefficient (Wildman–Crippen LogP) is 1.63. The Balaban J connectivity index is 2.55. The summed E-state index contributed by atoms with van der Waals surface area (Å²) in [6.07, 6.45) is 2.66. The van der Waals surface area contributed by atoms with Gasteiger partial charge in [-0.25, -0.2) is 4.79 Å². The van der Waals surface area contributed by atoms with Crippen molar-refractivity contribution < 1.29 is 19.4 Å². The average Bonchev–Trinajstić information content (AvgIpc) is 2.17. The van der Waals surface area contributed by atoms with Crippen LogP contribution in [-0.4, -0.2) is 11.1 Å². The molecule has 4 nitrogen and oxygen atoms in total. The Hall–Kier alpha value is -1.97. The highest BCUT2D eigenvalue weighted by molar-refractivity contribution is 5.92. The van der Waals surface area contributed by atoms with Gasteiger partial charge in [0.05, 0.1) is 0 Å². The largest absolute Gasteiger partial charge is 0.478 e. The van der Waals surface area contributed by atoms with Gasteiger partial charge >= 0.3 is 5.97 Å². The van der Waals surface area contributed by atoms with E-state index in [1.165, 1.54) is 18.6 Å². The summed E-state index contributed by atoms with van der Waals surface area (Å²) < 4.78 is 10.1. The lowest BCUT2D eigenvalue weighted by Crippen LogP contribution is -2.04. The van der Waals surface area contributed by atoms with Crippen LogP contribution in [-0.2, 0) is 0 Å². The number of ether oxygens (including phenoxy) is 2. The number of hydrogen-bond donors (Lipinski definition) is 1. The van der Waals surface area contributed by atoms with Crippen molar-refractivity contribution in [3.8, 4) is 11.5 Å². The maximum absolute atomic E-state index is 10.7. The third-order valence-corrected chi connectivity index (χ3v) is 1.65. The zero-order valence-corrected chi connectivity index (χ0v) is 6.56. The number of para-hydroxylation sites is 1. The van der Waals surface area contributed by atoms with E-state index in [0.29, 0.717) is 5.75 Å². The fourth-order valence-corrected chi connectivity index (χ4v) is 1.10. The van der Waals surface area contributed by atoms with Crippen molar-refractivity contribution in [3.63, 3.8) is 0 Å². The molecule has 0 radical (unpaired) electrons. The average molecular weight is 178 g/mol. The van der Waals surface area contributed by atoms with Crippen LogP contribution in [0, 0.1) is 0 Å². The van der Waals surface area contributed by atoms with Crippen molar-refractivity contribution in [3.05, 3.63) is 36.3 Å². The molecule has 0 bridgehead atoms. The molecule has 0 saturated heterocycles. The van der Waals surface area contributed by atoms with Gasteiger partial charge in [0.2, 0.25) is 0 Å². The summed E-state index contributed by atoms with van der Waals surface area (Å²) in [4.78, 5) is 10.7. The molecule has 1 aliphatic rings. The molecule has 1 aromatic rings. The summed E-state index contributed by atoms with van der Waals surface area (Å²) in [6, 6.07) is 4.71. The molecule has 1 aliphatic heterocycles. The second kappa shape index (κ2) is 2.82. The number of rotatable bonds is 1. The molecule has 13 heavy (non-hydrogen) atoms. The monoisotopic (exact) mass is 178 g/mol. The summed E-state index contributed by atoms with van der Waals surface area (Å²) in [6.45, 7) is 0. The highest BCUT2D eigenvalue weighted by Gasteiger charge is 2.17. The quantitative estimate of drug-likeness (QED) is 0.710. The van der Waals surface area contributed by atoms with Crippen LogP contribution < -0.4 is 9.47 Å². The van der Waals surface area contributed by atoms with Crippen molar-refractivity contribution in [1.82, 2.24) is 0 Å². The second-order valence-electron chi connectivity index (χ2n) is 2.45. The standard InChI is InChI=1S/C9H6O4/c10-9(11)6-2-1-3-7-8(6)13-5-4-12-7/h1-5H,(H,10,11). The van der Waals surface area contributed by atoms with Crippen LogP contribution in [0.3, 0.4) is 0 Å². The molecule has 0 aromatic heterocycles. The molecule has 0 saturated carbocycles. The smallest absolute Gasteiger partial charge is 0.339 e. The number of carboxylic acids is 1. The Morgan fingerprint density at radius 1 is 1.23 bits per heavy atom. The molecule has 1 N–H and O–H groups in total. The molecule has 0 amide bonds. The first kappa shape index (κ1) is 7.67. The van der Waals surface area contributed by atoms with Crippen LogP contribution >= 0.6 is 0 Å². The number of carboxylic acid groups (broad SMARTS) is 1. The van der Waals surface area contributed by atoms with Gasteiger partial charge in [0.1, 0.15) is 18.1 Å². The first-order valence-electron chi connectivity index (χ1n) is 3.63. The number of benzene rings is 1. The highest BCUT2D eigenvalue weighted by atomic mass is 16.5. The van der Waals surface area contributed by atoms with Crippen molar-refractivity contribution in [1.29, 1.82) is 0 Å². The van der Waals surface area contributed by atoms with E-state index in [9.17, 15) is 4.79 Å². The van der Waals surface area contributed by atoms with E-state index in [-0.39, 0.29) is 11.3 Å². The zero-order valence-electron chi connectivity index (χ0n) is 6.56. The Morgan fingerprint density at radius 2 is 2.00 bits per heavy atom. The van der Waals surface area contributed by atoms with E-state index in [2.05, 4.69) is 0 Å². The summed E-state index contributed by atoms with van der Waals surface area (Å²) in [5, 5.41) is 8.78. The number of hydrogen-bond acceptors (Lipinski definition) is 3. The van der Waals surface area contributed by atoms with Crippen LogP contribution in [0.5, 0.6) is 11.5 Å². The van der Waals surface area contributed by atoms with Gasteiger partial charge in [-0.3, -0.25) is 0 Å². The van der Waals surface area contributed by atoms with Crippen LogP contribution in [0.25, 0.3) is 0 Å². The van der Waals surface area contributed by atoms with Crippen molar-refractivity contribution in [2.24, 2.45) is 0 Å². The van der Waals surface area contributed by atoms with Gasteiger partial charge in [0.25, 0.3) is 0 Å². The van der Waals surface area contributed by atoms with Crippen molar-refractivity contribution in [2.75, 3.05) is 0 Å². The lowest BCUT2D eigenvalue weighted by molar-refractivity contribution is 0.0693. The first-order valence-corrected chi connectivity index (χ1v) is 3.63. The van der Waals surface area contributed by atoms with Crippen molar-refractivity contribution >= 4 is 5.97 Å². The lowest BCUT2D eigenvalue weighted by Gasteiger charge is -2.13. The van der Waals surface area contributed by atoms with Gasteiger partial charge in [-0.05, 0) is 12.1 Å². The molecule has 0 unspecified atom stereocenters. The predicted molar refractivity (Wildman–Crippen MR) is 43.8 cm³/mol. The van der Waals surface area contributed by atoms with Crippen molar-refractivity contribution in [2.45, 2.75) is 0 Å². The molecule has 1 aromatic carbocycles. The summed E-state index contributed by atoms with van der Waals surface area (Å²) >= 11 is 0. The van der Waals surface area contributed by atoms with E-state index < -0.39 is 5.97 Å². The van der Waals surface area contributed by atoms with Gasteiger partial charge in [-0.2, -0.15) is 0 Å². The number of aromatic carboxylic acids is 1. The maximum atomic E-state index is 10.7. The minimum absolute atomic E-state index is 0.0989. The SMILES string of the molecule is O=C(O)c1cccc2c1OC=CO2. The summed E-state index contributed by atoms with van der Waals surface area (Å²) in [5.41, 5.74) is 0.0989. The topological polar surface area (TPSA) is 55.8 Å². The lowest BCUT2D eigenvalue weighted by atomic mass is 10.2. The maximum Gasteiger partial charge on any atom is 0.339 e. The Bertz CT molecular complexity index is 381. The molecule has 0 fully saturated rings. The van der Waals surface area contributed by atoms with Crippen LogP contribution in [0.15, 0.2) is 30.7 Å². The highest BCUT2D eigenvalue weighted by Crippen LogP contribution is 2.33. The summed E-state index contributed by atoms with van der Waals surface area (Å²) in [7, 11) is 0. The van der Waals surface area contributed by atoms with Crippen LogP contribution in [0.4, 0.5) is 0 Å². The van der Waals surface area contributed by atoms with Gasteiger partial charge in [0, 0.05) is 0 Å². The Labute approximate surface area is 74.0 Å². The van der Waals surface area contributed by atoms with E-state index in [1.54, 1.807) is 12.1 Å². The fourth-order valence-electron chi connectivity index (χ4n) is 1.10. The Kier molecular flexibility index (Phi) is 1.66. The van der Waals surface area contributed by atoms with E-state index in [0.717, 1.165) is 0 Å². The second-order valence-corrected chi connectivity index (χ2v) is 2.45. The Morgan fingerprint density at radius 3 is 2.77 bits per heavy atom. The third-order valence-electron chi connectivity index (χ3n) is 1.65. The minimum Gasteiger partial charge on any atom is -0.478 e. The van der Waals surface area contributed by atoms with Gasteiger partial charge in [-0.1, -0.05) is 6.07 Å². The molecule has 66 valence electrons. The molecule has 4 heteroatoms. The first-order chi connectivity index (χ1) is 6.29. The van der Waals surface area contributed by atoms with E-state index >= 15 is 0 Å². The number of carbonyl (C=O) groups is 1. The molecule has 0 atom stereocenters. The van der Waals surface area contributed by atoms with Gasteiger partial charge < -0.3 is 14.6 Å². The van der Waals surface area contributed by atoms with Crippen LogP contribution in [0.1, 0.15) is 10.4 Å². The zero-order chi connectivity index (χ0) is 9.26. The van der Waals surface area contributed by atoms with Gasteiger partial charge in [0.15, 0.2) is 11.5 Å². The van der Waals surface area contributed by atoms with E-state index in [1.807, 2.05) is 0 Å². The van der Waals surface area contributed by atoms with E-state index in [4.69, 9.17) is 14.6 Å². The number of fused-ring (bicyclic) bond motifs is 1. The molecule has 0 spiro atoms. The van der Waals surface area contributed by atoms with Crippen LogP contribution in [0.2, 0.25) is 0 Å². The molecular weight excluding hydrogens is 172 g/mol. The minimum atomic E-state index is -1.03. The molecular formula is C9H6O4. The molecule has 1 heterocycles. The molecule has 0 aliphatic carbocycles. The third kappa shape index (κ3) is 1.22. The molecule has 2 rings (SSSR count). The van der Waals surface area contributed by atoms with Gasteiger partial charge in [-0.15, -0.1) is 0 Å². The normalized spacial score (nSPS) is 12.6.